The van der Waals surface area contributed by atoms with Crippen molar-refractivity contribution in [3.05, 3.63) is 12.2 Å². The molecule has 0 amide bonds. The molecule has 9 heteroatoms. The van der Waals surface area contributed by atoms with Gasteiger partial charge in [0.2, 0.25) is 0 Å². The van der Waals surface area contributed by atoms with Gasteiger partial charge in [-0.2, -0.15) is 0 Å². The SMILES string of the molecule is C=C(C)C(=O)OCCOCCOCCOCCOCCOCCOCCOCCCCCCCCCCCCCCCCCC. The monoisotopic (exact) mass is 647 g/mol. The minimum atomic E-state index is -0.402. The molecule has 0 unspecified atom stereocenters. The summed E-state index contributed by atoms with van der Waals surface area (Å²) in [7, 11) is 0. The van der Waals surface area contributed by atoms with Gasteiger partial charge in [-0.25, -0.2) is 4.79 Å². The van der Waals surface area contributed by atoms with Crippen molar-refractivity contribution in [2.45, 2.75) is 117 Å². The lowest BCUT2D eigenvalue weighted by Gasteiger charge is -2.09. The lowest BCUT2D eigenvalue weighted by Crippen LogP contribution is -2.15. The highest BCUT2D eigenvalue weighted by Gasteiger charge is 2.02. The van der Waals surface area contributed by atoms with Crippen LogP contribution in [0.15, 0.2) is 12.2 Å². The molecule has 0 aromatic carbocycles. The van der Waals surface area contributed by atoms with Crippen molar-refractivity contribution >= 4 is 5.97 Å². The van der Waals surface area contributed by atoms with E-state index in [1.165, 1.54) is 96.3 Å². The first-order valence-electron chi connectivity index (χ1n) is 18.0. The number of carbonyl (C=O) groups is 1. The first-order valence-corrected chi connectivity index (χ1v) is 18.0. The van der Waals surface area contributed by atoms with Crippen molar-refractivity contribution in [3.8, 4) is 0 Å². The summed E-state index contributed by atoms with van der Waals surface area (Å²) in [6, 6.07) is 0. The van der Waals surface area contributed by atoms with Gasteiger partial charge in [-0.1, -0.05) is 110 Å². The quantitative estimate of drug-likeness (QED) is 0.0383. The van der Waals surface area contributed by atoms with Crippen LogP contribution in [0.1, 0.15) is 117 Å². The molecule has 0 aliphatic rings. The van der Waals surface area contributed by atoms with E-state index in [1.54, 1.807) is 6.92 Å². The Bertz CT molecular complexity index is 603. The van der Waals surface area contributed by atoms with Gasteiger partial charge < -0.3 is 37.9 Å². The Labute approximate surface area is 276 Å². The molecule has 0 heterocycles. The van der Waals surface area contributed by atoms with E-state index in [4.69, 9.17) is 37.9 Å². The standard InChI is InChI=1S/C36H70O9/c1-4-5-6-7-8-9-10-11-12-13-14-15-16-17-18-19-20-38-21-22-39-23-24-40-25-26-41-27-28-42-29-30-43-31-32-44-33-34-45-36(37)35(2)3/h2,4-34H2,1,3H3. The molecule has 0 saturated carbocycles. The Hall–Kier alpha value is -1.07. The summed E-state index contributed by atoms with van der Waals surface area (Å²) in [6.07, 6.45) is 22.2. The Kier molecular flexibility index (Phi) is 38.2. The maximum Gasteiger partial charge on any atom is 0.333 e. The molecule has 0 fully saturated rings. The minimum absolute atomic E-state index is 0.211. The Morgan fingerprint density at radius 1 is 0.378 bits per heavy atom. The van der Waals surface area contributed by atoms with Gasteiger partial charge in [-0.15, -0.1) is 0 Å². The normalized spacial score (nSPS) is 11.3. The molecule has 0 spiro atoms. The zero-order valence-electron chi connectivity index (χ0n) is 29.3. The third-order valence-corrected chi connectivity index (χ3v) is 7.18. The second-order valence-electron chi connectivity index (χ2n) is 11.5. The molecule has 0 radical (unpaired) electrons. The molecular weight excluding hydrogens is 576 g/mol. The zero-order chi connectivity index (χ0) is 32.7. The lowest BCUT2D eigenvalue weighted by atomic mass is 10.0. The smallest absolute Gasteiger partial charge is 0.333 e. The van der Waals surface area contributed by atoms with Gasteiger partial charge in [0.25, 0.3) is 0 Å². The van der Waals surface area contributed by atoms with Crippen LogP contribution in [-0.4, -0.2) is 105 Å². The molecule has 0 aromatic rings. The van der Waals surface area contributed by atoms with Crippen LogP contribution >= 0.6 is 0 Å². The van der Waals surface area contributed by atoms with Gasteiger partial charge in [0.1, 0.15) is 6.61 Å². The number of hydrogen-bond donors (Lipinski definition) is 0. The lowest BCUT2D eigenvalue weighted by molar-refractivity contribution is -0.140. The zero-order valence-corrected chi connectivity index (χ0v) is 29.3. The predicted octanol–water partition coefficient (Wildman–Crippen LogP) is 7.48. The van der Waals surface area contributed by atoms with Crippen LogP contribution in [0.25, 0.3) is 0 Å². The van der Waals surface area contributed by atoms with E-state index < -0.39 is 5.97 Å². The number of hydrogen-bond acceptors (Lipinski definition) is 9. The fourth-order valence-corrected chi connectivity index (χ4v) is 4.49. The molecule has 268 valence electrons. The van der Waals surface area contributed by atoms with Crippen LogP contribution in [0.4, 0.5) is 0 Å². The van der Waals surface area contributed by atoms with Crippen LogP contribution in [0.5, 0.6) is 0 Å². The summed E-state index contributed by atoms with van der Waals surface area (Å²) in [5.41, 5.74) is 0.380. The molecule has 0 saturated heterocycles. The number of ether oxygens (including phenoxy) is 8. The number of unbranched alkanes of at least 4 members (excludes halogenated alkanes) is 15. The van der Waals surface area contributed by atoms with E-state index >= 15 is 0 Å². The molecule has 0 bridgehead atoms. The van der Waals surface area contributed by atoms with Gasteiger partial charge >= 0.3 is 5.97 Å². The molecule has 0 aromatic heterocycles. The highest BCUT2D eigenvalue weighted by Crippen LogP contribution is 2.13. The Morgan fingerprint density at radius 2 is 0.622 bits per heavy atom. The summed E-state index contributed by atoms with van der Waals surface area (Å²) < 4.78 is 43.3. The first-order chi connectivity index (χ1) is 22.2. The van der Waals surface area contributed by atoms with Gasteiger partial charge in [0.05, 0.1) is 85.9 Å². The number of rotatable bonds is 39. The molecule has 0 aliphatic carbocycles. The molecular formula is C36H70O9. The summed E-state index contributed by atoms with van der Waals surface area (Å²) in [4.78, 5) is 11.2. The summed E-state index contributed by atoms with van der Waals surface area (Å²) in [5, 5.41) is 0. The van der Waals surface area contributed by atoms with Crippen LogP contribution in [0, 0.1) is 0 Å². The third-order valence-electron chi connectivity index (χ3n) is 7.18. The third kappa shape index (κ3) is 39.0. The van der Waals surface area contributed by atoms with Crippen molar-refractivity contribution in [3.63, 3.8) is 0 Å². The van der Waals surface area contributed by atoms with E-state index in [1.807, 2.05) is 0 Å². The summed E-state index contributed by atoms with van der Waals surface area (Å²) in [5.74, 6) is -0.402. The Balaban J connectivity index is 3.06. The molecule has 0 N–H and O–H groups in total. The largest absolute Gasteiger partial charge is 0.460 e. The topological polar surface area (TPSA) is 90.9 Å². The van der Waals surface area contributed by atoms with Gasteiger partial charge in [0, 0.05) is 12.2 Å². The van der Waals surface area contributed by atoms with Crippen LogP contribution in [0.3, 0.4) is 0 Å². The average molecular weight is 647 g/mol. The molecule has 0 atom stereocenters. The van der Waals surface area contributed by atoms with Crippen molar-refractivity contribution in [1.82, 2.24) is 0 Å². The van der Waals surface area contributed by atoms with Crippen LogP contribution in [-0.2, 0) is 42.7 Å². The Morgan fingerprint density at radius 3 is 0.911 bits per heavy atom. The van der Waals surface area contributed by atoms with E-state index in [0.717, 1.165) is 13.0 Å². The van der Waals surface area contributed by atoms with Crippen molar-refractivity contribution in [2.75, 3.05) is 99.1 Å². The molecule has 45 heavy (non-hydrogen) atoms. The van der Waals surface area contributed by atoms with Crippen molar-refractivity contribution < 1.29 is 42.7 Å². The first kappa shape index (κ1) is 43.9. The summed E-state index contributed by atoms with van der Waals surface area (Å²) >= 11 is 0. The van der Waals surface area contributed by atoms with E-state index in [0.29, 0.717) is 91.5 Å². The second kappa shape index (κ2) is 39.1. The van der Waals surface area contributed by atoms with Gasteiger partial charge in [0.15, 0.2) is 0 Å². The molecule has 0 rings (SSSR count). The maximum atomic E-state index is 11.2. The second-order valence-corrected chi connectivity index (χ2v) is 11.5. The van der Waals surface area contributed by atoms with Gasteiger partial charge in [-0.05, 0) is 13.3 Å². The molecule has 0 aliphatic heterocycles. The predicted molar refractivity (Wildman–Crippen MR) is 181 cm³/mol. The highest BCUT2D eigenvalue weighted by atomic mass is 16.6. The fraction of sp³-hybridized carbons (Fsp3) is 0.917. The van der Waals surface area contributed by atoms with Crippen LogP contribution in [0.2, 0.25) is 0 Å². The number of carbonyl (C=O) groups excluding carboxylic acids is 1. The van der Waals surface area contributed by atoms with Gasteiger partial charge in [-0.3, -0.25) is 0 Å². The van der Waals surface area contributed by atoms with E-state index in [-0.39, 0.29) is 6.61 Å². The number of esters is 1. The fourth-order valence-electron chi connectivity index (χ4n) is 4.49. The highest BCUT2D eigenvalue weighted by molar-refractivity contribution is 5.86. The van der Waals surface area contributed by atoms with E-state index in [2.05, 4.69) is 13.5 Å². The maximum absolute atomic E-state index is 11.2. The van der Waals surface area contributed by atoms with Crippen molar-refractivity contribution in [1.29, 1.82) is 0 Å². The average Bonchev–Trinajstić information content (AvgIpc) is 3.04. The minimum Gasteiger partial charge on any atom is -0.460 e. The van der Waals surface area contributed by atoms with Crippen molar-refractivity contribution in [2.24, 2.45) is 0 Å². The summed E-state index contributed by atoms with van der Waals surface area (Å²) in [6.45, 7) is 15.1. The van der Waals surface area contributed by atoms with Crippen LogP contribution < -0.4 is 0 Å². The van der Waals surface area contributed by atoms with E-state index in [9.17, 15) is 4.79 Å². The molecule has 9 nitrogen and oxygen atoms in total.